The molecule has 128 valence electrons. The Labute approximate surface area is 140 Å². The molecule has 3 heteroatoms. The fraction of sp³-hybridized carbons (Fsp3) is 1.00. The number of hydrogen-bond donors (Lipinski definition) is 1. The standard InChI is InChI=1S/C20H32NOP/c21-23(22,19-7-13-1-14(8-19)3-15(2-13)9-19)20-10-16-4-17(11-20)6-18(5-16)12-20/h13-18H,1-12H2,(H2,21,22). The second-order valence-corrected chi connectivity index (χ2v) is 14.2. The minimum absolute atomic E-state index is 0.0768. The van der Waals surface area contributed by atoms with Crippen molar-refractivity contribution in [3.05, 3.63) is 0 Å². The Morgan fingerprint density at radius 1 is 0.565 bits per heavy atom. The van der Waals surface area contributed by atoms with E-state index < -0.39 is 7.29 Å². The van der Waals surface area contributed by atoms with E-state index in [2.05, 4.69) is 0 Å². The fourth-order valence-electron chi connectivity index (χ4n) is 9.45. The van der Waals surface area contributed by atoms with Gasteiger partial charge in [-0.3, -0.25) is 5.50 Å². The Kier molecular flexibility index (Phi) is 2.68. The lowest BCUT2D eigenvalue weighted by Crippen LogP contribution is -2.59. The molecule has 2 nitrogen and oxygen atoms in total. The Balaban J connectivity index is 1.42. The van der Waals surface area contributed by atoms with Crippen LogP contribution in [0.25, 0.3) is 0 Å². The van der Waals surface area contributed by atoms with E-state index in [1.807, 2.05) is 0 Å². The summed E-state index contributed by atoms with van der Waals surface area (Å²) in [6, 6.07) is 0. The second-order valence-electron chi connectivity index (χ2n) is 10.9. The Bertz CT molecular complexity index is 478. The highest BCUT2D eigenvalue weighted by Crippen LogP contribution is 2.79. The Morgan fingerprint density at radius 3 is 1.00 bits per heavy atom. The maximum Gasteiger partial charge on any atom is 0.157 e. The first-order valence-corrected chi connectivity index (χ1v) is 12.1. The third-order valence-corrected chi connectivity index (χ3v) is 13.3. The third-order valence-electron chi connectivity index (χ3n) is 9.42. The van der Waals surface area contributed by atoms with Crippen LogP contribution in [0.3, 0.4) is 0 Å². The van der Waals surface area contributed by atoms with Crippen molar-refractivity contribution >= 4 is 7.29 Å². The van der Waals surface area contributed by atoms with Crippen LogP contribution in [-0.2, 0) is 4.57 Å². The summed E-state index contributed by atoms with van der Waals surface area (Å²) < 4.78 is 14.5. The van der Waals surface area contributed by atoms with Gasteiger partial charge in [-0.15, -0.1) is 0 Å². The van der Waals surface area contributed by atoms with Crippen LogP contribution in [0.15, 0.2) is 0 Å². The van der Waals surface area contributed by atoms with Crippen molar-refractivity contribution in [3.8, 4) is 0 Å². The molecule has 0 amide bonds. The van der Waals surface area contributed by atoms with E-state index in [4.69, 9.17) is 5.50 Å². The topological polar surface area (TPSA) is 43.1 Å². The summed E-state index contributed by atoms with van der Waals surface area (Å²) in [7, 11) is -2.59. The molecule has 2 N–H and O–H groups in total. The van der Waals surface area contributed by atoms with Gasteiger partial charge in [-0.2, -0.15) is 0 Å². The van der Waals surface area contributed by atoms with Gasteiger partial charge in [-0.05, 0) is 113 Å². The third kappa shape index (κ3) is 1.74. The maximum atomic E-state index is 14.5. The van der Waals surface area contributed by atoms with Crippen LogP contribution in [0.5, 0.6) is 0 Å². The zero-order valence-corrected chi connectivity index (χ0v) is 15.3. The summed E-state index contributed by atoms with van der Waals surface area (Å²) >= 11 is 0. The first kappa shape index (κ1) is 14.4. The molecule has 0 heterocycles. The molecule has 8 aliphatic rings. The van der Waals surface area contributed by atoms with Gasteiger partial charge >= 0.3 is 0 Å². The zero-order valence-electron chi connectivity index (χ0n) is 14.4. The lowest BCUT2D eigenvalue weighted by molar-refractivity contribution is 0.0132. The van der Waals surface area contributed by atoms with E-state index >= 15 is 0 Å². The highest BCUT2D eigenvalue weighted by Gasteiger charge is 2.67. The SMILES string of the molecule is NP(=O)(C12CC3CC(CC(C3)C1)C2)C12CC3CC(CC(C3)C1)C2. The lowest BCUT2D eigenvalue weighted by Gasteiger charge is -2.65. The molecular weight excluding hydrogens is 301 g/mol. The van der Waals surface area contributed by atoms with Crippen LogP contribution in [0, 0.1) is 35.5 Å². The van der Waals surface area contributed by atoms with E-state index in [9.17, 15) is 4.57 Å². The summed E-state index contributed by atoms with van der Waals surface area (Å²) in [5.74, 6) is 5.21. The van der Waals surface area contributed by atoms with Crippen molar-refractivity contribution in [3.63, 3.8) is 0 Å². The van der Waals surface area contributed by atoms with Crippen LogP contribution in [0.2, 0.25) is 0 Å². The summed E-state index contributed by atoms with van der Waals surface area (Å²) in [5, 5.41) is 0.154. The predicted octanol–water partition coefficient (Wildman–Crippen LogP) is 5.16. The summed E-state index contributed by atoms with van der Waals surface area (Å²) in [6.45, 7) is 0. The normalized spacial score (nSPS) is 61.8. The molecule has 0 atom stereocenters. The zero-order chi connectivity index (χ0) is 15.4. The second kappa shape index (κ2) is 4.29. The van der Waals surface area contributed by atoms with Gasteiger partial charge in [0, 0.05) is 10.3 Å². The van der Waals surface area contributed by atoms with Gasteiger partial charge in [0.1, 0.15) is 0 Å². The minimum atomic E-state index is -2.59. The van der Waals surface area contributed by atoms with Crippen LogP contribution >= 0.6 is 7.29 Å². The van der Waals surface area contributed by atoms with Crippen molar-refractivity contribution in [2.24, 2.45) is 41.0 Å². The molecule has 8 rings (SSSR count). The molecule has 0 aromatic carbocycles. The minimum Gasteiger partial charge on any atom is -0.306 e. The van der Waals surface area contributed by atoms with Gasteiger partial charge in [0.15, 0.2) is 7.29 Å². The molecule has 0 aromatic rings. The first-order valence-electron chi connectivity index (χ1n) is 10.4. The Hall–Kier alpha value is 0.190. The van der Waals surface area contributed by atoms with Crippen molar-refractivity contribution in [1.82, 2.24) is 0 Å². The van der Waals surface area contributed by atoms with Gasteiger partial charge in [0.25, 0.3) is 0 Å². The van der Waals surface area contributed by atoms with Crippen molar-refractivity contribution in [1.29, 1.82) is 0 Å². The molecule has 8 bridgehead atoms. The average molecular weight is 333 g/mol. The fourth-order valence-corrected chi connectivity index (χ4v) is 13.6. The summed E-state index contributed by atoms with van der Waals surface area (Å²) in [5.41, 5.74) is 7.07. The molecule has 23 heavy (non-hydrogen) atoms. The monoisotopic (exact) mass is 333 g/mol. The quantitative estimate of drug-likeness (QED) is 0.709. The van der Waals surface area contributed by atoms with Crippen molar-refractivity contribution in [2.75, 3.05) is 0 Å². The molecule has 0 saturated heterocycles. The van der Waals surface area contributed by atoms with E-state index in [1.165, 1.54) is 77.0 Å². The van der Waals surface area contributed by atoms with Gasteiger partial charge < -0.3 is 4.57 Å². The van der Waals surface area contributed by atoms with Gasteiger partial charge in [0.05, 0.1) is 0 Å². The lowest BCUT2D eigenvalue weighted by atomic mass is 9.55. The average Bonchev–Trinajstić information content (AvgIpc) is 2.44. The van der Waals surface area contributed by atoms with Crippen LogP contribution < -0.4 is 5.50 Å². The first-order chi connectivity index (χ1) is 11.0. The van der Waals surface area contributed by atoms with Crippen molar-refractivity contribution in [2.45, 2.75) is 87.4 Å². The molecule has 0 unspecified atom stereocenters. The number of hydrogen-bond acceptors (Lipinski definition) is 1. The molecule has 0 spiro atoms. The van der Waals surface area contributed by atoms with E-state index in [1.54, 1.807) is 0 Å². The van der Waals surface area contributed by atoms with Crippen LogP contribution in [-0.4, -0.2) is 10.3 Å². The predicted molar refractivity (Wildman–Crippen MR) is 93.6 cm³/mol. The number of rotatable bonds is 2. The molecule has 0 aliphatic heterocycles. The largest absolute Gasteiger partial charge is 0.306 e. The molecule has 0 aromatic heterocycles. The smallest absolute Gasteiger partial charge is 0.157 e. The van der Waals surface area contributed by atoms with Gasteiger partial charge in [0.2, 0.25) is 0 Å². The summed E-state index contributed by atoms with van der Waals surface area (Å²) in [6.07, 6.45) is 16.0. The molecule has 8 saturated carbocycles. The molecule has 8 fully saturated rings. The van der Waals surface area contributed by atoms with Crippen LogP contribution in [0.1, 0.15) is 77.0 Å². The highest BCUT2D eigenvalue weighted by molar-refractivity contribution is 7.64. The Morgan fingerprint density at radius 2 is 0.783 bits per heavy atom. The highest BCUT2D eigenvalue weighted by atomic mass is 31.2. The molecular formula is C20H32NOP. The molecule has 0 radical (unpaired) electrons. The maximum absolute atomic E-state index is 14.5. The van der Waals surface area contributed by atoms with Gasteiger partial charge in [-0.1, -0.05) is 0 Å². The molecule has 8 aliphatic carbocycles. The number of nitrogens with two attached hydrogens (primary N) is 1. The van der Waals surface area contributed by atoms with Crippen molar-refractivity contribution < 1.29 is 4.57 Å². The van der Waals surface area contributed by atoms with E-state index in [0.29, 0.717) is 0 Å². The summed E-state index contributed by atoms with van der Waals surface area (Å²) in [4.78, 5) is 0. The van der Waals surface area contributed by atoms with E-state index in [0.717, 1.165) is 35.5 Å². The van der Waals surface area contributed by atoms with Gasteiger partial charge in [-0.25, -0.2) is 0 Å². The van der Waals surface area contributed by atoms with Crippen LogP contribution in [0.4, 0.5) is 0 Å². The van der Waals surface area contributed by atoms with E-state index in [-0.39, 0.29) is 10.3 Å².